The molecule has 0 spiro atoms. The molecule has 1 aliphatic rings. The number of hydrogen-bond donors (Lipinski definition) is 1. The van der Waals surface area contributed by atoms with Crippen LogP contribution in [0, 0.1) is 5.92 Å². The Kier molecular flexibility index (Phi) is 7.70. The van der Waals surface area contributed by atoms with Crippen LogP contribution in [0.15, 0.2) is 28.7 Å². The molecule has 1 amide bonds. The molecule has 1 aromatic carbocycles. The van der Waals surface area contributed by atoms with Crippen LogP contribution in [0.1, 0.15) is 42.8 Å². The number of nitrogens with zero attached hydrogens (tertiary/aromatic N) is 2. The third kappa shape index (κ3) is 6.04. The van der Waals surface area contributed by atoms with Crippen LogP contribution in [0.4, 0.5) is 0 Å². The maximum Gasteiger partial charge on any atom is 0.287 e. The molecule has 1 N–H and O–H groups in total. The summed E-state index contributed by atoms with van der Waals surface area (Å²) in [5.41, 5.74) is 1.57. The van der Waals surface area contributed by atoms with E-state index in [0.717, 1.165) is 55.6 Å². The first-order valence-corrected chi connectivity index (χ1v) is 10.7. The summed E-state index contributed by atoms with van der Waals surface area (Å²) < 4.78 is 11.7. The molecule has 0 saturated carbocycles. The normalized spacial score (nSPS) is 16.2. The topological polar surface area (TPSA) is 58.0 Å². The van der Waals surface area contributed by atoms with Gasteiger partial charge in [0.1, 0.15) is 5.58 Å². The first-order valence-electron chi connectivity index (χ1n) is 10.7. The summed E-state index contributed by atoms with van der Waals surface area (Å²) in [4.78, 5) is 17.6. The van der Waals surface area contributed by atoms with Gasteiger partial charge in [-0.1, -0.05) is 18.2 Å². The number of carbonyl (C=O) groups excluding carboxylic acids is 1. The lowest BCUT2D eigenvalue weighted by atomic mass is 9.96. The molecule has 3 rings (SSSR count). The summed E-state index contributed by atoms with van der Waals surface area (Å²) in [5.74, 6) is 0.767. The van der Waals surface area contributed by atoms with Gasteiger partial charge in [-0.05, 0) is 65.9 Å². The van der Waals surface area contributed by atoms with Crippen LogP contribution in [0.25, 0.3) is 11.0 Å². The fourth-order valence-corrected chi connectivity index (χ4v) is 3.75. The molecular formula is C23H35N3O3. The minimum absolute atomic E-state index is 0.0947. The number of amides is 1. The Labute approximate surface area is 174 Å². The van der Waals surface area contributed by atoms with Crippen LogP contribution in [0.3, 0.4) is 0 Å². The first-order chi connectivity index (χ1) is 13.9. The van der Waals surface area contributed by atoms with Gasteiger partial charge in [0.05, 0.1) is 12.7 Å². The summed E-state index contributed by atoms with van der Waals surface area (Å²) in [7, 11) is 4.22. The van der Waals surface area contributed by atoms with Gasteiger partial charge in [0.25, 0.3) is 5.91 Å². The van der Waals surface area contributed by atoms with Gasteiger partial charge >= 0.3 is 0 Å². The molecule has 0 atom stereocenters. The molecule has 6 nitrogen and oxygen atoms in total. The van der Waals surface area contributed by atoms with Crippen molar-refractivity contribution < 1.29 is 13.9 Å². The largest absolute Gasteiger partial charge is 0.451 e. The monoisotopic (exact) mass is 401 g/mol. The fraction of sp³-hybridized carbons (Fsp3) is 0.609. The smallest absolute Gasteiger partial charge is 0.287 e. The van der Waals surface area contributed by atoms with Crippen molar-refractivity contribution in [3.63, 3.8) is 0 Å². The number of carbonyl (C=O) groups is 1. The Morgan fingerprint density at radius 1 is 1.28 bits per heavy atom. The number of furan rings is 1. The van der Waals surface area contributed by atoms with Gasteiger partial charge in [0, 0.05) is 30.6 Å². The number of likely N-dealkylation sites (N-methyl/N-ethyl adjacent to an activating group) is 1. The summed E-state index contributed by atoms with van der Waals surface area (Å²) in [6.45, 7) is 9.47. The second kappa shape index (κ2) is 10.2. The van der Waals surface area contributed by atoms with Crippen molar-refractivity contribution in [3.8, 4) is 0 Å². The highest BCUT2D eigenvalue weighted by Crippen LogP contribution is 2.27. The lowest BCUT2D eigenvalue weighted by Crippen LogP contribution is -2.41. The maximum atomic E-state index is 12.9. The minimum Gasteiger partial charge on any atom is -0.451 e. The lowest BCUT2D eigenvalue weighted by molar-refractivity contribution is 0.0642. The van der Waals surface area contributed by atoms with E-state index < -0.39 is 0 Å². The average Bonchev–Trinajstić information content (AvgIpc) is 3.08. The van der Waals surface area contributed by atoms with Crippen LogP contribution in [0.2, 0.25) is 0 Å². The number of hydrogen-bond acceptors (Lipinski definition) is 5. The molecule has 1 saturated heterocycles. The quantitative estimate of drug-likeness (QED) is 0.698. The predicted octanol–water partition coefficient (Wildman–Crippen LogP) is 3.36. The van der Waals surface area contributed by atoms with Crippen LogP contribution < -0.4 is 5.32 Å². The molecule has 1 aliphatic heterocycles. The van der Waals surface area contributed by atoms with E-state index in [4.69, 9.17) is 9.15 Å². The number of ether oxygens (including phenoxy) is 1. The number of para-hydroxylation sites is 1. The van der Waals surface area contributed by atoms with Crippen molar-refractivity contribution in [1.82, 2.24) is 15.1 Å². The van der Waals surface area contributed by atoms with Crippen molar-refractivity contribution in [2.45, 2.75) is 39.4 Å². The average molecular weight is 402 g/mol. The van der Waals surface area contributed by atoms with E-state index in [1.54, 1.807) is 0 Å². The predicted molar refractivity (Wildman–Crippen MR) is 116 cm³/mol. The molecule has 2 aromatic rings. The standard InChI is InChI=1S/C23H35N3O3/c1-17(2)28-16-20-19-7-5-6-8-21(19)29-22(20)23(27)24-15-18-9-11-26(12-10-18)14-13-25(3)4/h5-8,17-18H,9-16H2,1-4H3,(H,24,27). The third-order valence-corrected chi connectivity index (χ3v) is 5.59. The second-order valence-electron chi connectivity index (χ2n) is 8.56. The Bertz CT molecular complexity index is 792. The Hall–Kier alpha value is -1.89. The number of fused-ring (bicyclic) bond motifs is 1. The highest BCUT2D eigenvalue weighted by Gasteiger charge is 2.23. The van der Waals surface area contributed by atoms with Crippen molar-refractivity contribution in [1.29, 1.82) is 0 Å². The van der Waals surface area contributed by atoms with E-state index in [-0.39, 0.29) is 12.0 Å². The van der Waals surface area contributed by atoms with E-state index >= 15 is 0 Å². The molecule has 0 aliphatic carbocycles. The van der Waals surface area contributed by atoms with E-state index in [9.17, 15) is 4.79 Å². The minimum atomic E-state index is -0.140. The number of nitrogens with one attached hydrogen (secondary N) is 1. The molecule has 1 aromatic heterocycles. The molecule has 0 unspecified atom stereocenters. The number of benzene rings is 1. The van der Waals surface area contributed by atoms with Gasteiger partial charge in [-0.25, -0.2) is 0 Å². The SMILES string of the molecule is CC(C)OCc1c(C(=O)NCC2CCN(CCN(C)C)CC2)oc2ccccc12. The van der Waals surface area contributed by atoms with E-state index in [1.807, 2.05) is 38.1 Å². The van der Waals surface area contributed by atoms with Gasteiger partial charge in [0.15, 0.2) is 5.76 Å². The van der Waals surface area contributed by atoms with Crippen molar-refractivity contribution in [2.75, 3.05) is 46.8 Å². The lowest BCUT2D eigenvalue weighted by Gasteiger charge is -2.32. The molecular weight excluding hydrogens is 366 g/mol. The van der Waals surface area contributed by atoms with E-state index in [0.29, 0.717) is 24.8 Å². The molecule has 29 heavy (non-hydrogen) atoms. The summed E-state index contributed by atoms with van der Waals surface area (Å²) in [6, 6.07) is 7.76. The highest BCUT2D eigenvalue weighted by atomic mass is 16.5. The Balaban J connectivity index is 1.57. The third-order valence-electron chi connectivity index (χ3n) is 5.59. The van der Waals surface area contributed by atoms with Crippen molar-refractivity contribution in [3.05, 3.63) is 35.6 Å². The van der Waals surface area contributed by atoms with Crippen LogP contribution >= 0.6 is 0 Å². The van der Waals surface area contributed by atoms with Gasteiger partial charge in [-0.15, -0.1) is 0 Å². The second-order valence-corrected chi connectivity index (χ2v) is 8.56. The first kappa shape index (κ1) is 21.8. The zero-order chi connectivity index (χ0) is 20.8. The van der Waals surface area contributed by atoms with Crippen LogP contribution in [0.5, 0.6) is 0 Å². The zero-order valence-electron chi connectivity index (χ0n) is 18.2. The van der Waals surface area contributed by atoms with Crippen LogP contribution in [-0.2, 0) is 11.3 Å². The van der Waals surface area contributed by atoms with Gasteiger partial charge in [-0.3, -0.25) is 4.79 Å². The zero-order valence-corrected chi connectivity index (χ0v) is 18.2. The van der Waals surface area contributed by atoms with Gasteiger partial charge in [0.2, 0.25) is 0 Å². The number of rotatable bonds is 9. The summed E-state index contributed by atoms with van der Waals surface area (Å²) in [5, 5.41) is 4.06. The van der Waals surface area contributed by atoms with Gasteiger partial charge in [-0.2, -0.15) is 0 Å². The highest BCUT2D eigenvalue weighted by molar-refractivity contribution is 5.99. The number of likely N-dealkylation sites (tertiary alicyclic amines) is 1. The summed E-state index contributed by atoms with van der Waals surface area (Å²) >= 11 is 0. The van der Waals surface area contributed by atoms with Crippen molar-refractivity contribution in [2.24, 2.45) is 5.92 Å². The van der Waals surface area contributed by atoms with Crippen molar-refractivity contribution >= 4 is 16.9 Å². The molecule has 6 heteroatoms. The van der Waals surface area contributed by atoms with Gasteiger partial charge < -0.3 is 24.3 Å². The Morgan fingerprint density at radius 3 is 2.69 bits per heavy atom. The van der Waals surface area contributed by atoms with E-state index in [1.165, 1.54) is 0 Å². The molecule has 1 fully saturated rings. The number of piperidine rings is 1. The van der Waals surface area contributed by atoms with Crippen LogP contribution in [-0.4, -0.2) is 68.6 Å². The molecule has 160 valence electrons. The fourth-order valence-electron chi connectivity index (χ4n) is 3.75. The molecule has 0 radical (unpaired) electrons. The maximum absolute atomic E-state index is 12.9. The molecule has 2 heterocycles. The molecule has 0 bridgehead atoms. The Morgan fingerprint density at radius 2 is 2.00 bits per heavy atom. The van der Waals surface area contributed by atoms with E-state index in [2.05, 4.69) is 29.2 Å². The summed E-state index contributed by atoms with van der Waals surface area (Å²) in [6.07, 6.45) is 2.34.